The first-order chi connectivity index (χ1) is 10.2. The van der Waals surface area contributed by atoms with Gasteiger partial charge < -0.3 is 9.15 Å². The van der Waals surface area contributed by atoms with Crippen LogP contribution in [0.1, 0.15) is 28.2 Å². The number of hydrogen-bond donors (Lipinski definition) is 1. The molecule has 1 N–H and O–H groups in total. The zero-order chi connectivity index (χ0) is 16.5. The Bertz CT molecular complexity index is 791. The highest BCUT2D eigenvalue weighted by Gasteiger charge is 2.19. The molecule has 5 nitrogen and oxygen atoms in total. The minimum Gasteiger partial charge on any atom is -0.496 e. The Hall–Kier alpha value is -1.79. The lowest BCUT2D eigenvalue weighted by molar-refractivity contribution is 0.411. The molecule has 0 aliphatic heterocycles. The Labute approximate surface area is 131 Å². The fourth-order valence-electron chi connectivity index (χ4n) is 2.38. The fraction of sp³-hybridized carbons (Fsp3) is 0.375. The molecule has 0 atom stereocenters. The molecular weight excluding hydrogens is 302 g/mol. The zero-order valence-corrected chi connectivity index (χ0v) is 14.3. The summed E-state index contributed by atoms with van der Waals surface area (Å²) in [5, 5.41) is 0. The van der Waals surface area contributed by atoms with Crippen molar-refractivity contribution in [1.29, 1.82) is 0 Å². The molecule has 1 heterocycles. The molecule has 120 valence electrons. The Kier molecular flexibility index (Phi) is 4.63. The van der Waals surface area contributed by atoms with Gasteiger partial charge in [-0.15, -0.1) is 0 Å². The molecule has 0 aliphatic rings. The molecule has 0 saturated heterocycles. The summed E-state index contributed by atoms with van der Waals surface area (Å²) in [6, 6.07) is 5.20. The number of furan rings is 1. The van der Waals surface area contributed by atoms with Crippen LogP contribution >= 0.6 is 0 Å². The number of aryl methyl sites for hydroxylation is 4. The first-order valence-electron chi connectivity index (χ1n) is 6.95. The van der Waals surface area contributed by atoms with Gasteiger partial charge in [0.2, 0.25) is 10.0 Å². The van der Waals surface area contributed by atoms with E-state index in [9.17, 15) is 8.42 Å². The molecule has 0 unspecified atom stereocenters. The van der Waals surface area contributed by atoms with E-state index in [0.717, 1.165) is 22.6 Å². The summed E-state index contributed by atoms with van der Waals surface area (Å²) in [7, 11) is -2.02. The van der Waals surface area contributed by atoms with Crippen LogP contribution in [0.2, 0.25) is 0 Å². The number of sulfonamides is 1. The predicted octanol–water partition coefficient (Wildman–Crippen LogP) is 3.00. The molecule has 0 fully saturated rings. The van der Waals surface area contributed by atoms with Gasteiger partial charge in [0, 0.05) is 12.1 Å². The van der Waals surface area contributed by atoms with E-state index in [1.807, 2.05) is 26.8 Å². The summed E-state index contributed by atoms with van der Waals surface area (Å²) in [4.78, 5) is 0.267. The lowest BCUT2D eigenvalue weighted by atomic mass is 10.1. The number of nitrogens with one attached hydrogen (secondary N) is 1. The molecule has 0 amide bonds. The molecule has 0 saturated carbocycles. The van der Waals surface area contributed by atoms with Crippen LogP contribution in [0.15, 0.2) is 27.5 Å². The molecule has 0 bridgehead atoms. The van der Waals surface area contributed by atoms with Crippen molar-refractivity contribution >= 4 is 10.0 Å². The molecule has 1 aromatic heterocycles. The lowest BCUT2D eigenvalue weighted by Gasteiger charge is -2.12. The SMILES string of the molecule is COc1cc(C)c(S(=O)(=O)NCc2cc(C)oc2C)cc1C. The third-order valence-electron chi connectivity index (χ3n) is 3.58. The van der Waals surface area contributed by atoms with Crippen LogP contribution in [-0.2, 0) is 16.6 Å². The third-order valence-corrected chi connectivity index (χ3v) is 5.12. The molecule has 2 rings (SSSR count). The van der Waals surface area contributed by atoms with Crippen LogP contribution in [0.4, 0.5) is 0 Å². The van der Waals surface area contributed by atoms with Crippen LogP contribution in [0, 0.1) is 27.7 Å². The molecule has 0 aliphatic carbocycles. The van der Waals surface area contributed by atoms with Gasteiger partial charge >= 0.3 is 0 Å². The second-order valence-corrected chi connectivity index (χ2v) is 7.09. The Morgan fingerprint density at radius 3 is 2.32 bits per heavy atom. The fourth-order valence-corrected chi connectivity index (χ4v) is 3.70. The van der Waals surface area contributed by atoms with E-state index in [1.165, 1.54) is 0 Å². The van der Waals surface area contributed by atoms with Gasteiger partial charge in [0.15, 0.2) is 0 Å². The van der Waals surface area contributed by atoms with Gasteiger partial charge in [-0.1, -0.05) is 0 Å². The monoisotopic (exact) mass is 323 g/mol. The Morgan fingerprint density at radius 2 is 1.77 bits per heavy atom. The van der Waals surface area contributed by atoms with Crippen molar-refractivity contribution in [2.45, 2.75) is 39.1 Å². The minimum absolute atomic E-state index is 0.204. The van der Waals surface area contributed by atoms with Crippen molar-refractivity contribution in [1.82, 2.24) is 4.72 Å². The van der Waals surface area contributed by atoms with Gasteiger partial charge in [-0.05, 0) is 57.0 Å². The summed E-state index contributed by atoms with van der Waals surface area (Å²) in [6.45, 7) is 7.43. The Morgan fingerprint density at radius 1 is 1.09 bits per heavy atom. The zero-order valence-electron chi connectivity index (χ0n) is 13.5. The molecule has 0 spiro atoms. The maximum absolute atomic E-state index is 12.5. The second kappa shape index (κ2) is 6.14. The van der Waals surface area contributed by atoms with E-state index < -0.39 is 10.0 Å². The van der Waals surface area contributed by atoms with E-state index in [1.54, 1.807) is 26.2 Å². The van der Waals surface area contributed by atoms with Gasteiger partial charge in [0.25, 0.3) is 0 Å². The highest BCUT2D eigenvalue weighted by molar-refractivity contribution is 7.89. The number of benzene rings is 1. The predicted molar refractivity (Wildman–Crippen MR) is 84.7 cm³/mol. The van der Waals surface area contributed by atoms with E-state index >= 15 is 0 Å². The molecule has 1 aromatic carbocycles. The largest absolute Gasteiger partial charge is 0.496 e. The molecule has 0 radical (unpaired) electrons. The van der Waals surface area contributed by atoms with Gasteiger partial charge in [-0.25, -0.2) is 13.1 Å². The topological polar surface area (TPSA) is 68.5 Å². The number of ether oxygens (including phenoxy) is 1. The van der Waals surface area contributed by atoms with E-state index in [-0.39, 0.29) is 11.4 Å². The summed E-state index contributed by atoms with van der Waals surface area (Å²) in [6.07, 6.45) is 0. The molecular formula is C16H21NO4S. The number of hydrogen-bond acceptors (Lipinski definition) is 4. The maximum Gasteiger partial charge on any atom is 0.241 e. The molecule has 2 aromatic rings. The first kappa shape index (κ1) is 16.6. The van der Waals surface area contributed by atoms with Crippen LogP contribution < -0.4 is 9.46 Å². The van der Waals surface area contributed by atoms with Gasteiger partial charge in [0.05, 0.1) is 12.0 Å². The quantitative estimate of drug-likeness (QED) is 0.918. The van der Waals surface area contributed by atoms with Crippen LogP contribution in [0.3, 0.4) is 0 Å². The van der Waals surface area contributed by atoms with E-state index in [2.05, 4.69) is 4.72 Å². The van der Waals surface area contributed by atoms with Crippen molar-refractivity contribution in [3.05, 3.63) is 46.4 Å². The van der Waals surface area contributed by atoms with Crippen molar-refractivity contribution in [3.8, 4) is 5.75 Å². The van der Waals surface area contributed by atoms with Crippen molar-refractivity contribution in [2.24, 2.45) is 0 Å². The van der Waals surface area contributed by atoms with Gasteiger partial charge in [-0.2, -0.15) is 0 Å². The minimum atomic E-state index is -3.59. The first-order valence-corrected chi connectivity index (χ1v) is 8.43. The molecule has 6 heteroatoms. The standard InChI is InChI=1S/C16H21NO4S/c1-10-7-16(11(2)6-15(10)20-5)22(18,19)17-9-14-8-12(3)21-13(14)4/h6-8,17H,9H2,1-5H3. The molecule has 22 heavy (non-hydrogen) atoms. The van der Waals surface area contributed by atoms with Crippen molar-refractivity contribution in [3.63, 3.8) is 0 Å². The third kappa shape index (κ3) is 3.34. The van der Waals surface area contributed by atoms with E-state index in [4.69, 9.17) is 9.15 Å². The average molecular weight is 323 g/mol. The average Bonchev–Trinajstić information content (AvgIpc) is 2.76. The highest BCUT2D eigenvalue weighted by Crippen LogP contribution is 2.25. The van der Waals surface area contributed by atoms with Gasteiger partial charge in [0.1, 0.15) is 17.3 Å². The highest BCUT2D eigenvalue weighted by atomic mass is 32.2. The lowest BCUT2D eigenvalue weighted by Crippen LogP contribution is -2.24. The van der Waals surface area contributed by atoms with E-state index in [0.29, 0.717) is 11.3 Å². The Balaban J connectivity index is 2.27. The van der Waals surface area contributed by atoms with Crippen LogP contribution in [0.25, 0.3) is 0 Å². The van der Waals surface area contributed by atoms with Crippen LogP contribution in [0.5, 0.6) is 5.75 Å². The summed E-state index contributed by atoms with van der Waals surface area (Å²) < 4.78 is 38.3. The second-order valence-electron chi connectivity index (χ2n) is 5.35. The van der Waals surface area contributed by atoms with Crippen LogP contribution in [-0.4, -0.2) is 15.5 Å². The maximum atomic E-state index is 12.5. The number of methoxy groups -OCH3 is 1. The smallest absolute Gasteiger partial charge is 0.241 e. The van der Waals surface area contributed by atoms with Crippen molar-refractivity contribution in [2.75, 3.05) is 7.11 Å². The van der Waals surface area contributed by atoms with Gasteiger partial charge in [-0.3, -0.25) is 0 Å². The summed E-state index contributed by atoms with van der Waals surface area (Å²) in [5.41, 5.74) is 2.27. The summed E-state index contributed by atoms with van der Waals surface area (Å²) >= 11 is 0. The summed E-state index contributed by atoms with van der Waals surface area (Å²) in [5.74, 6) is 2.17. The number of rotatable bonds is 5. The normalized spacial score (nSPS) is 11.7. The van der Waals surface area contributed by atoms with Crippen molar-refractivity contribution < 1.29 is 17.6 Å².